The van der Waals surface area contributed by atoms with E-state index < -0.39 is 0 Å². The van der Waals surface area contributed by atoms with Crippen molar-refractivity contribution in [3.05, 3.63) is 29.5 Å². The third-order valence-corrected chi connectivity index (χ3v) is 4.20. The highest BCUT2D eigenvalue weighted by molar-refractivity contribution is 6.07. The molecule has 1 aromatic heterocycles. The number of aromatic amines is 1. The SMILES string of the molecule is Cc1ccc2[nH]ncc2c1C(=O)N1CC2(COC2)C1. The number of rotatable bonds is 1. The smallest absolute Gasteiger partial charge is 0.254 e. The highest BCUT2D eigenvalue weighted by Gasteiger charge is 2.50. The monoisotopic (exact) mass is 257 g/mol. The number of aryl methyl sites for hydroxylation is 1. The lowest BCUT2D eigenvalue weighted by Gasteiger charge is -2.55. The van der Waals surface area contributed by atoms with Gasteiger partial charge < -0.3 is 9.64 Å². The zero-order valence-electron chi connectivity index (χ0n) is 10.8. The number of fused-ring (bicyclic) bond motifs is 1. The van der Waals surface area contributed by atoms with Gasteiger partial charge in [-0.3, -0.25) is 9.89 Å². The van der Waals surface area contributed by atoms with E-state index in [1.165, 1.54) is 0 Å². The number of nitrogens with zero attached hydrogens (tertiary/aromatic N) is 2. The summed E-state index contributed by atoms with van der Waals surface area (Å²) in [5, 5.41) is 7.86. The summed E-state index contributed by atoms with van der Waals surface area (Å²) in [5.41, 5.74) is 2.95. The predicted molar refractivity (Wildman–Crippen MR) is 70.0 cm³/mol. The Morgan fingerprint density at radius 2 is 2.21 bits per heavy atom. The number of amides is 1. The molecule has 4 rings (SSSR count). The number of ether oxygens (including phenoxy) is 1. The average molecular weight is 257 g/mol. The summed E-state index contributed by atoms with van der Waals surface area (Å²) in [6.45, 7) is 5.21. The van der Waals surface area contributed by atoms with Crippen LogP contribution in [0.5, 0.6) is 0 Å². The number of hydrogen-bond donors (Lipinski definition) is 1. The topological polar surface area (TPSA) is 58.2 Å². The lowest BCUT2D eigenvalue weighted by molar-refractivity contribution is -0.176. The van der Waals surface area contributed by atoms with E-state index in [1.807, 2.05) is 24.0 Å². The van der Waals surface area contributed by atoms with Crippen molar-refractivity contribution >= 4 is 16.8 Å². The molecule has 1 spiro atoms. The van der Waals surface area contributed by atoms with Crippen LogP contribution in [0.15, 0.2) is 18.3 Å². The molecule has 2 aliphatic heterocycles. The summed E-state index contributed by atoms with van der Waals surface area (Å²) < 4.78 is 5.24. The van der Waals surface area contributed by atoms with Gasteiger partial charge in [-0.05, 0) is 18.6 Å². The van der Waals surface area contributed by atoms with E-state index in [-0.39, 0.29) is 11.3 Å². The third-order valence-electron chi connectivity index (χ3n) is 4.20. The van der Waals surface area contributed by atoms with E-state index in [0.717, 1.165) is 48.3 Å². The van der Waals surface area contributed by atoms with Crippen molar-refractivity contribution in [3.63, 3.8) is 0 Å². The van der Waals surface area contributed by atoms with Crippen LogP contribution in [0.3, 0.4) is 0 Å². The molecule has 0 saturated carbocycles. The van der Waals surface area contributed by atoms with Crippen molar-refractivity contribution in [2.24, 2.45) is 5.41 Å². The van der Waals surface area contributed by atoms with Crippen LogP contribution < -0.4 is 0 Å². The number of hydrogen-bond acceptors (Lipinski definition) is 3. The molecule has 0 unspecified atom stereocenters. The molecule has 19 heavy (non-hydrogen) atoms. The molecule has 1 amide bonds. The molecule has 2 aliphatic rings. The number of aromatic nitrogens is 2. The molecule has 5 nitrogen and oxygen atoms in total. The highest BCUT2D eigenvalue weighted by atomic mass is 16.5. The van der Waals surface area contributed by atoms with Crippen LogP contribution >= 0.6 is 0 Å². The molecular weight excluding hydrogens is 242 g/mol. The minimum absolute atomic E-state index is 0.113. The molecule has 5 heteroatoms. The Morgan fingerprint density at radius 1 is 1.42 bits per heavy atom. The molecule has 2 saturated heterocycles. The van der Waals surface area contributed by atoms with Gasteiger partial charge in [-0.2, -0.15) is 5.10 Å². The van der Waals surface area contributed by atoms with Gasteiger partial charge in [0.15, 0.2) is 0 Å². The van der Waals surface area contributed by atoms with Gasteiger partial charge in [-0.25, -0.2) is 0 Å². The van der Waals surface area contributed by atoms with E-state index in [2.05, 4.69) is 10.2 Å². The fourth-order valence-electron chi connectivity index (χ4n) is 3.05. The normalized spacial score (nSPS) is 20.4. The Morgan fingerprint density at radius 3 is 2.89 bits per heavy atom. The number of H-pyrrole nitrogens is 1. The minimum atomic E-state index is 0.113. The van der Waals surface area contributed by atoms with E-state index in [0.29, 0.717) is 0 Å². The summed E-state index contributed by atoms with van der Waals surface area (Å²) >= 11 is 0. The third kappa shape index (κ3) is 1.45. The quantitative estimate of drug-likeness (QED) is 0.838. The Bertz CT molecular complexity index is 664. The molecule has 0 atom stereocenters. The Balaban J connectivity index is 1.68. The van der Waals surface area contributed by atoms with Crippen molar-refractivity contribution < 1.29 is 9.53 Å². The van der Waals surface area contributed by atoms with Gasteiger partial charge in [0, 0.05) is 18.5 Å². The average Bonchev–Trinajstić information content (AvgIpc) is 2.72. The van der Waals surface area contributed by atoms with Crippen LogP contribution in [-0.4, -0.2) is 47.3 Å². The second-order valence-corrected chi connectivity index (χ2v) is 5.74. The maximum absolute atomic E-state index is 12.6. The van der Waals surface area contributed by atoms with Crippen molar-refractivity contribution in [1.82, 2.24) is 15.1 Å². The highest BCUT2D eigenvalue weighted by Crippen LogP contribution is 2.38. The lowest BCUT2D eigenvalue weighted by Crippen LogP contribution is -2.67. The van der Waals surface area contributed by atoms with Gasteiger partial charge in [-0.15, -0.1) is 0 Å². The van der Waals surface area contributed by atoms with E-state index in [4.69, 9.17) is 4.74 Å². The van der Waals surface area contributed by atoms with Crippen LogP contribution in [0.2, 0.25) is 0 Å². The maximum atomic E-state index is 12.6. The molecule has 0 radical (unpaired) electrons. The van der Waals surface area contributed by atoms with E-state index in [9.17, 15) is 4.79 Å². The van der Waals surface area contributed by atoms with Gasteiger partial charge in [0.05, 0.1) is 35.9 Å². The lowest BCUT2D eigenvalue weighted by atomic mass is 9.77. The fraction of sp³-hybridized carbons (Fsp3) is 0.429. The zero-order chi connectivity index (χ0) is 13.0. The molecule has 1 aromatic carbocycles. The van der Waals surface area contributed by atoms with Crippen molar-refractivity contribution in [3.8, 4) is 0 Å². The molecular formula is C14H15N3O2. The summed E-state index contributed by atoms with van der Waals surface area (Å²) in [4.78, 5) is 14.5. The van der Waals surface area contributed by atoms with Crippen LogP contribution in [0.25, 0.3) is 10.9 Å². The van der Waals surface area contributed by atoms with Crippen LogP contribution in [-0.2, 0) is 4.74 Å². The van der Waals surface area contributed by atoms with E-state index >= 15 is 0 Å². The van der Waals surface area contributed by atoms with E-state index in [1.54, 1.807) is 6.20 Å². The first-order chi connectivity index (χ1) is 9.19. The maximum Gasteiger partial charge on any atom is 0.254 e. The molecule has 2 aromatic rings. The molecule has 98 valence electrons. The molecule has 0 aliphatic carbocycles. The van der Waals surface area contributed by atoms with Crippen molar-refractivity contribution in [2.45, 2.75) is 6.92 Å². The number of carbonyl (C=O) groups excluding carboxylic acids is 1. The molecule has 0 bridgehead atoms. The van der Waals surface area contributed by atoms with Crippen LogP contribution in [0.1, 0.15) is 15.9 Å². The molecule has 3 heterocycles. The summed E-state index contributed by atoms with van der Waals surface area (Å²) in [6, 6.07) is 3.93. The van der Waals surface area contributed by atoms with Crippen LogP contribution in [0.4, 0.5) is 0 Å². The van der Waals surface area contributed by atoms with Crippen LogP contribution in [0, 0.1) is 12.3 Å². The first-order valence-electron chi connectivity index (χ1n) is 6.48. The van der Waals surface area contributed by atoms with Gasteiger partial charge in [-0.1, -0.05) is 6.07 Å². The van der Waals surface area contributed by atoms with Crippen molar-refractivity contribution in [1.29, 1.82) is 0 Å². The summed E-state index contributed by atoms with van der Waals surface area (Å²) in [7, 11) is 0. The molecule has 1 N–H and O–H groups in total. The predicted octanol–water partition coefficient (Wildman–Crippen LogP) is 1.34. The second kappa shape index (κ2) is 3.57. The summed E-state index contributed by atoms with van der Waals surface area (Å²) in [5.74, 6) is 0.113. The minimum Gasteiger partial charge on any atom is -0.380 e. The Labute approximate surface area is 110 Å². The standard InChI is InChI=1S/C14H15N3O2/c1-9-2-3-11-10(4-15-16-11)12(9)13(18)17-5-14(6-17)7-19-8-14/h2-4H,5-8H2,1H3,(H,15,16). The molecule has 2 fully saturated rings. The Kier molecular flexibility index (Phi) is 2.07. The first-order valence-corrected chi connectivity index (χ1v) is 6.48. The van der Waals surface area contributed by atoms with Gasteiger partial charge in [0.1, 0.15) is 0 Å². The number of likely N-dealkylation sites (tertiary alicyclic amines) is 1. The number of nitrogens with one attached hydrogen (secondary N) is 1. The second-order valence-electron chi connectivity index (χ2n) is 5.74. The van der Waals surface area contributed by atoms with Crippen molar-refractivity contribution in [2.75, 3.05) is 26.3 Å². The fourth-order valence-corrected chi connectivity index (χ4v) is 3.05. The number of carbonyl (C=O) groups is 1. The van der Waals surface area contributed by atoms with Gasteiger partial charge in [0.2, 0.25) is 0 Å². The van der Waals surface area contributed by atoms with Gasteiger partial charge >= 0.3 is 0 Å². The Hall–Kier alpha value is -1.88. The summed E-state index contributed by atoms with van der Waals surface area (Å²) in [6.07, 6.45) is 1.73. The largest absolute Gasteiger partial charge is 0.380 e. The number of benzene rings is 1. The zero-order valence-corrected chi connectivity index (χ0v) is 10.8. The van der Waals surface area contributed by atoms with Gasteiger partial charge in [0.25, 0.3) is 5.91 Å². The first kappa shape index (κ1) is 11.0.